The summed E-state index contributed by atoms with van der Waals surface area (Å²) < 4.78 is 0. The van der Waals surface area contributed by atoms with Gasteiger partial charge in [-0.25, -0.2) is 4.98 Å². The van der Waals surface area contributed by atoms with Gasteiger partial charge in [-0.1, -0.05) is 35.9 Å². The van der Waals surface area contributed by atoms with Gasteiger partial charge < -0.3 is 15.1 Å². The van der Waals surface area contributed by atoms with E-state index < -0.39 is 0 Å². The Kier molecular flexibility index (Phi) is 5.09. The lowest BCUT2D eigenvalue weighted by Crippen LogP contribution is -2.47. The van der Waals surface area contributed by atoms with Crippen molar-refractivity contribution in [2.45, 2.75) is 13.5 Å². The molecular weight excluding hydrogens is 338 g/mol. The van der Waals surface area contributed by atoms with Crippen molar-refractivity contribution in [1.82, 2.24) is 20.2 Å². The average Bonchev–Trinajstić information content (AvgIpc) is 2.73. The summed E-state index contributed by atoms with van der Waals surface area (Å²) in [6.45, 7) is 6.29. The van der Waals surface area contributed by atoms with Gasteiger partial charge in [-0.3, -0.25) is 0 Å². The Hall–Kier alpha value is -3.22. The van der Waals surface area contributed by atoms with E-state index in [9.17, 15) is 0 Å². The Morgan fingerprint density at radius 3 is 2.63 bits per heavy atom. The van der Waals surface area contributed by atoms with Crippen molar-refractivity contribution >= 4 is 17.6 Å². The second-order valence-corrected chi connectivity index (χ2v) is 6.65. The summed E-state index contributed by atoms with van der Waals surface area (Å²) in [6.07, 6.45) is 3.50. The van der Waals surface area contributed by atoms with Crippen LogP contribution < -0.4 is 15.1 Å². The molecule has 3 heterocycles. The van der Waals surface area contributed by atoms with Crippen molar-refractivity contribution in [2.24, 2.45) is 0 Å². The first-order valence-corrected chi connectivity index (χ1v) is 9.18. The molecule has 2 aromatic heterocycles. The Morgan fingerprint density at radius 2 is 1.85 bits per heavy atom. The third-order valence-electron chi connectivity index (χ3n) is 4.64. The van der Waals surface area contributed by atoms with Gasteiger partial charge in [-0.15, -0.1) is 5.10 Å². The zero-order valence-corrected chi connectivity index (χ0v) is 15.4. The van der Waals surface area contributed by atoms with Gasteiger partial charge in [0.15, 0.2) is 5.82 Å². The smallest absolute Gasteiger partial charge is 0.247 e. The van der Waals surface area contributed by atoms with Crippen molar-refractivity contribution in [2.75, 3.05) is 41.3 Å². The first kappa shape index (κ1) is 17.2. The highest BCUT2D eigenvalue weighted by molar-refractivity contribution is 5.44. The van der Waals surface area contributed by atoms with E-state index in [0.29, 0.717) is 12.5 Å². The Morgan fingerprint density at radius 1 is 1.00 bits per heavy atom. The lowest BCUT2D eigenvalue weighted by Gasteiger charge is -2.35. The number of nitrogens with zero attached hydrogens (tertiary/aromatic N) is 6. The lowest BCUT2D eigenvalue weighted by molar-refractivity contribution is 0.630. The molecule has 4 rings (SSSR count). The minimum absolute atomic E-state index is 0.671. The van der Waals surface area contributed by atoms with Crippen LogP contribution in [0.1, 0.15) is 11.1 Å². The summed E-state index contributed by atoms with van der Waals surface area (Å²) in [5.74, 6) is 2.43. The third-order valence-corrected chi connectivity index (χ3v) is 4.64. The van der Waals surface area contributed by atoms with Gasteiger partial charge in [0.25, 0.3) is 0 Å². The third kappa shape index (κ3) is 4.31. The number of hydrogen-bond donors (Lipinski definition) is 1. The fraction of sp³-hybridized carbons (Fsp3) is 0.300. The number of aryl methyl sites for hydroxylation is 1. The summed E-state index contributed by atoms with van der Waals surface area (Å²) in [5, 5.41) is 11.7. The van der Waals surface area contributed by atoms with Crippen LogP contribution in [0.15, 0.2) is 54.9 Å². The molecule has 0 saturated carbocycles. The molecule has 0 bridgehead atoms. The van der Waals surface area contributed by atoms with Gasteiger partial charge in [0, 0.05) is 38.9 Å². The number of anilines is 3. The molecule has 0 atom stereocenters. The van der Waals surface area contributed by atoms with Crippen molar-refractivity contribution in [3.05, 3.63) is 66.0 Å². The summed E-state index contributed by atoms with van der Waals surface area (Å²) >= 11 is 0. The highest BCUT2D eigenvalue weighted by Gasteiger charge is 2.20. The zero-order valence-electron chi connectivity index (χ0n) is 15.4. The largest absolute Gasteiger partial charge is 0.365 e. The molecule has 1 aliphatic heterocycles. The van der Waals surface area contributed by atoms with Gasteiger partial charge in [-0.2, -0.15) is 10.1 Å². The molecule has 0 unspecified atom stereocenters. The molecule has 7 heteroatoms. The topological polar surface area (TPSA) is 70.1 Å². The fourth-order valence-electron chi connectivity index (χ4n) is 3.20. The van der Waals surface area contributed by atoms with Gasteiger partial charge in [0.05, 0.1) is 6.20 Å². The van der Waals surface area contributed by atoms with Crippen LogP contribution in [-0.4, -0.2) is 46.3 Å². The van der Waals surface area contributed by atoms with Crippen LogP contribution in [0.4, 0.5) is 17.6 Å². The molecule has 0 spiro atoms. The number of aromatic nitrogens is 4. The second kappa shape index (κ2) is 7.99. The molecule has 1 saturated heterocycles. The quantitative estimate of drug-likeness (QED) is 0.749. The average molecular weight is 361 g/mol. The van der Waals surface area contributed by atoms with Crippen molar-refractivity contribution < 1.29 is 0 Å². The Bertz CT molecular complexity index is 876. The number of nitrogens with one attached hydrogen (secondary N) is 1. The maximum absolute atomic E-state index is 4.64. The van der Waals surface area contributed by atoms with Crippen LogP contribution in [0.5, 0.6) is 0 Å². The number of rotatable bonds is 5. The minimum Gasteiger partial charge on any atom is -0.365 e. The van der Waals surface area contributed by atoms with Crippen molar-refractivity contribution in [1.29, 1.82) is 0 Å². The van der Waals surface area contributed by atoms with Gasteiger partial charge in [0.2, 0.25) is 5.95 Å². The number of piperazine rings is 1. The van der Waals surface area contributed by atoms with Crippen molar-refractivity contribution in [3.63, 3.8) is 0 Å². The molecule has 3 aromatic rings. The fourth-order valence-corrected chi connectivity index (χ4v) is 3.20. The van der Waals surface area contributed by atoms with Gasteiger partial charge in [-0.05, 0) is 24.6 Å². The molecule has 1 N–H and O–H groups in total. The molecule has 138 valence electrons. The van der Waals surface area contributed by atoms with Crippen LogP contribution in [0.3, 0.4) is 0 Å². The van der Waals surface area contributed by atoms with E-state index in [0.717, 1.165) is 37.8 Å². The number of benzene rings is 1. The molecule has 7 nitrogen and oxygen atoms in total. The molecule has 1 aliphatic rings. The van der Waals surface area contributed by atoms with Gasteiger partial charge >= 0.3 is 0 Å². The summed E-state index contributed by atoms with van der Waals surface area (Å²) in [5.41, 5.74) is 2.47. The number of hydrogen-bond acceptors (Lipinski definition) is 7. The summed E-state index contributed by atoms with van der Waals surface area (Å²) in [4.78, 5) is 13.5. The predicted octanol–water partition coefficient (Wildman–Crippen LogP) is 2.51. The minimum atomic E-state index is 0.671. The lowest BCUT2D eigenvalue weighted by atomic mass is 10.1. The molecular formula is C20H23N7. The van der Waals surface area contributed by atoms with Crippen LogP contribution >= 0.6 is 0 Å². The van der Waals surface area contributed by atoms with Crippen LogP contribution in [0, 0.1) is 6.92 Å². The summed E-state index contributed by atoms with van der Waals surface area (Å²) in [6, 6.07) is 14.4. The maximum atomic E-state index is 4.64. The molecule has 0 amide bonds. The number of pyridine rings is 1. The first-order valence-electron chi connectivity index (χ1n) is 9.18. The van der Waals surface area contributed by atoms with E-state index in [2.05, 4.69) is 66.5 Å². The van der Waals surface area contributed by atoms with E-state index in [1.165, 1.54) is 11.1 Å². The van der Waals surface area contributed by atoms with E-state index in [-0.39, 0.29) is 0 Å². The van der Waals surface area contributed by atoms with Crippen LogP contribution in [0.25, 0.3) is 0 Å². The van der Waals surface area contributed by atoms with E-state index in [4.69, 9.17) is 0 Å². The molecule has 0 radical (unpaired) electrons. The van der Waals surface area contributed by atoms with Crippen molar-refractivity contribution in [3.8, 4) is 0 Å². The van der Waals surface area contributed by atoms with E-state index >= 15 is 0 Å². The van der Waals surface area contributed by atoms with Crippen LogP contribution in [-0.2, 0) is 6.54 Å². The van der Waals surface area contributed by atoms with Gasteiger partial charge in [0.1, 0.15) is 5.82 Å². The standard InChI is InChI=1S/C20H23N7/c1-16-5-4-6-17(13-16)14-22-18-15-23-25-20(24-18)27-11-9-26(10-12-27)19-7-2-3-8-21-19/h2-8,13,15H,9-12,14H2,1H3,(H,22,24,25). The van der Waals surface area contributed by atoms with Crippen LogP contribution in [0.2, 0.25) is 0 Å². The van der Waals surface area contributed by atoms with E-state index in [1.54, 1.807) is 6.20 Å². The Balaban J connectivity index is 1.37. The molecule has 1 aromatic carbocycles. The SMILES string of the molecule is Cc1cccc(CNc2cnnc(N3CCN(c4ccccn4)CC3)n2)c1. The second-order valence-electron chi connectivity index (χ2n) is 6.65. The molecule has 27 heavy (non-hydrogen) atoms. The molecule has 0 aliphatic carbocycles. The summed E-state index contributed by atoms with van der Waals surface area (Å²) in [7, 11) is 0. The predicted molar refractivity (Wildman–Crippen MR) is 107 cm³/mol. The Labute approximate surface area is 159 Å². The first-order chi connectivity index (χ1) is 13.3. The maximum Gasteiger partial charge on any atom is 0.247 e. The highest BCUT2D eigenvalue weighted by atomic mass is 15.4. The van der Waals surface area contributed by atoms with E-state index in [1.807, 2.05) is 24.4 Å². The normalized spacial score (nSPS) is 14.3. The monoisotopic (exact) mass is 361 g/mol. The zero-order chi connectivity index (χ0) is 18.5. The molecule has 1 fully saturated rings. The highest BCUT2D eigenvalue weighted by Crippen LogP contribution is 2.16.